The van der Waals surface area contributed by atoms with E-state index in [0.29, 0.717) is 0 Å². The van der Waals surface area contributed by atoms with E-state index in [9.17, 15) is 4.79 Å². The van der Waals surface area contributed by atoms with E-state index in [0.717, 1.165) is 37.2 Å². The average molecular weight is 338 g/mol. The average Bonchev–Trinajstić information content (AvgIpc) is 2.67. The molecule has 1 fully saturated rings. The highest BCUT2D eigenvalue weighted by Gasteiger charge is 2.23. The Balaban J connectivity index is 1.79. The lowest BCUT2D eigenvalue weighted by Crippen LogP contribution is -2.40. The number of carbonyl (C=O) groups excluding carboxylic acids is 1. The molecule has 1 aliphatic heterocycles. The second-order valence-electron chi connectivity index (χ2n) is 6.75. The van der Waals surface area contributed by atoms with E-state index in [1.54, 1.807) is 0 Å². The minimum Gasteiger partial charge on any atom is -0.381 e. The molecule has 2 aromatic carbocycles. The number of amides is 1. The summed E-state index contributed by atoms with van der Waals surface area (Å²) in [5, 5.41) is 0. The van der Waals surface area contributed by atoms with E-state index in [-0.39, 0.29) is 11.9 Å². The monoisotopic (exact) mass is 338 g/mol. The van der Waals surface area contributed by atoms with Crippen molar-refractivity contribution in [3.63, 3.8) is 0 Å². The quantitative estimate of drug-likeness (QED) is 0.853. The number of para-hydroxylation sites is 1. The van der Waals surface area contributed by atoms with E-state index in [1.165, 1.54) is 11.3 Å². The van der Waals surface area contributed by atoms with Crippen LogP contribution < -0.4 is 4.90 Å². The van der Waals surface area contributed by atoms with E-state index in [1.807, 2.05) is 62.4 Å². The zero-order valence-electron chi connectivity index (χ0n) is 15.2. The summed E-state index contributed by atoms with van der Waals surface area (Å²) in [7, 11) is 5.98. The Hall–Kier alpha value is -2.33. The number of anilines is 1. The van der Waals surface area contributed by atoms with Crippen molar-refractivity contribution in [3.05, 3.63) is 54.1 Å². The summed E-state index contributed by atoms with van der Waals surface area (Å²) >= 11 is 0. The lowest BCUT2D eigenvalue weighted by Gasteiger charge is -2.31. The smallest absolute Gasteiger partial charge is 0.253 e. The molecule has 1 saturated heterocycles. The molecule has 2 aromatic rings. The molecule has 4 nitrogen and oxygen atoms in total. The van der Waals surface area contributed by atoms with Crippen LogP contribution in [0.4, 0.5) is 5.69 Å². The predicted octanol–water partition coefficient (Wildman–Crippen LogP) is 3.67. The van der Waals surface area contributed by atoms with Crippen LogP contribution in [0.5, 0.6) is 0 Å². The molecule has 1 aliphatic rings. The fourth-order valence-electron chi connectivity index (χ4n) is 3.34. The Morgan fingerprint density at radius 2 is 1.60 bits per heavy atom. The van der Waals surface area contributed by atoms with E-state index >= 15 is 0 Å². The van der Waals surface area contributed by atoms with Gasteiger partial charge in [0.05, 0.1) is 0 Å². The van der Waals surface area contributed by atoms with Crippen molar-refractivity contribution < 1.29 is 9.53 Å². The third kappa shape index (κ3) is 3.85. The summed E-state index contributed by atoms with van der Waals surface area (Å²) in [6, 6.07) is 16.5. The van der Waals surface area contributed by atoms with E-state index in [4.69, 9.17) is 4.74 Å². The van der Waals surface area contributed by atoms with Crippen LogP contribution in [0.15, 0.2) is 48.5 Å². The van der Waals surface area contributed by atoms with Gasteiger partial charge < -0.3 is 14.5 Å². The molecular weight excluding hydrogens is 312 g/mol. The first kappa shape index (κ1) is 17.5. The van der Waals surface area contributed by atoms with Crippen molar-refractivity contribution in [2.75, 3.05) is 39.3 Å². The number of rotatable bonds is 4. The zero-order chi connectivity index (χ0) is 17.8. The van der Waals surface area contributed by atoms with Crippen molar-refractivity contribution in [2.24, 2.45) is 0 Å². The van der Waals surface area contributed by atoms with Crippen molar-refractivity contribution in [3.8, 4) is 11.1 Å². The van der Waals surface area contributed by atoms with Crippen LogP contribution in [0.2, 0.25) is 0 Å². The highest BCUT2D eigenvalue weighted by Crippen LogP contribution is 2.30. The Morgan fingerprint density at radius 3 is 2.24 bits per heavy atom. The zero-order valence-corrected chi connectivity index (χ0v) is 15.2. The van der Waals surface area contributed by atoms with Gasteiger partial charge in [-0.2, -0.15) is 0 Å². The van der Waals surface area contributed by atoms with Crippen LogP contribution in [-0.4, -0.2) is 51.2 Å². The van der Waals surface area contributed by atoms with Crippen molar-refractivity contribution in [1.29, 1.82) is 0 Å². The Bertz CT molecular complexity index is 719. The summed E-state index contributed by atoms with van der Waals surface area (Å²) in [4.78, 5) is 16.7. The first-order chi connectivity index (χ1) is 12.1. The van der Waals surface area contributed by atoms with Crippen LogP contribution in [-0.2, 0) is 4.74 Å². The Kier molecular flexibility index (Phi) is 5.39. The molecule has 0 aromatic heterocycles. The van der Waals surface area contributed by atoms with Crippen molar-refractivity contribution in [2.45, 2.75) is 18.9 Å². The second kappa shape index (κ2) is 7.70. The van der Waals surface area contributed by atoms with Gasteiger partial charge >= 0.3 is 0 Å². The van der Waals surface area contributed by atoms with Gasteiger partial charge in [-0.3, -0.25) is 4.79 Å². The number of hydrogen-bond donors (Lipinski definition) is 0. The number of hydrogen-bond acceptors (Lipinski definition) is 3. The number of nitrogens with zero attached hydrogens (tertiary/aromatic N) is 2. The predicted molar refractivity (Wildman–Crippen MR) is 102 cm³/mol. The molecule has 3 rings (SSSR count). The fraction of sp³-hybridized carbons (Fsp3) is 0.381. The van der Waals surface area contributed by atoms with Crippen LogP contribution in [0.1, 0.15) is 23.2 Å². The van der Waals surface area contributed by atoms with Crippen molar-refractivity contribution >= 4 is 11.6 Å². The maximum Gasteiger partial charge on any atom is 0.253 e. The number of ether oxygens (including phenoxy) is 1. The Labute approximate surface area is 150 Å². The molecule has 0 saturated carbocycles. The molecular formula is C21H26N2O2. The van der Waals surface area contributed by atoms with E-state index < -0.39 is 0 Å². The molecule has 0 unspecified atom stereocenters. The summed E-state index contributed by atoms with van der Waals surface area (Å²) < 4.78 is 5.39. The topological polar surface area (TPSA) is 32.8 Å². The first-order valence-electron chi connectivity index (χ1n) is 8.79. The molecule has 4 heteroatoms. The van der Waals surface area contributed by atoms with Crippen LogP contribution >= 0.6 is 0 Å². The van der Waals surface area contributed by atoms with Crippen LogP contribution in [0.3, 0.4) is 0 Å². The van der Waals surface area contributed by atoms with Crippen molar-refractivity contribution in [1.82, 2.24) is 4.90 Å². The molecule has 132 valence electrons. The van der Waals surface area contributed by atoms with E-state index in [2.05, 4.69) is 17.0 Å². The normalized spacial score (nSPS) is 15.0. The van der Waals surface area contributed by atoms with Gasteiger partial charge in [0, 0.05) is 57.2 Å². The third-order valence-electron chi connectivity index (χ3n) is 4.89. The van der Waals surface area contributed by atoms with Gasteiger partial charge in [0.1, 0.15) is 0 Å². The molecule has 0 bridgehead atoms. The number of carbonyl (C=O) groups is 1. The second-order valence-corrected chi connectivity index (χ2v) is 6.75. The molecule has 25 heavy (non-hydrogen) atoms. The third-order valence-corrected chi connectivity index (χ3v) is 4.89. The van der Waals surface area contributed by atoms with Gasteiger partial charge in [-0.15, -0.1) is 0 Å². The largest absolute Gasteiger partial charge is 0.381 e. The van der Waals surface area contributed by atoms with Gasteiger partial charge in [0.25, 0.3) is 5.91 Å². The van der Waals surface area contributed by atoms with Crippen LogP contribution in [0, 0.1) is 0 Å². The molecule has 0 atom stereocenters. The lowest BCUT2D eigenvalue weighted by atomic mass is 10.0. The SMILES string of the molecule is CN(C)c1ccccc1-c1ccc(C(=O)N(C)C2CCOCC2)cc1. The molecule has 1 heterocycles. The molecule has 0 aliphatic carbocycles. The van der Waals surface area contributed by atoms with Crippen LogP contribution in [0.25, 0.3) is 11.1 Å². The maximum atomic E-state index is 12.7. The first-order valence-corrected chi connectivity index (χ1v) is 8.79. The summed E-state index contributed by atoms with van der Waals surface area (Å²) in [5.74, 6) is 0.0827. The minimum absolute atomic E-state index is 0.0827. The highest BCUT2D eigenvalue weighted by molar-refractivity contribution is 5.95. The fourth-order valence-corrected chi connectivity index (χ4v) is 3.34. The molecule has 0 N–H and O–H groups in total. The van der Waals surface area contributed by atoms with Gasteiger partial charge in [-0.05, 0) is 36.6 Å². The summed E-state index contributed by atoms with van der Waals surface area (Å²) in [6.07, 6.45) is 1.83. The van der Waals surface area contributed by atoms with Gasteiger partial charge in [0.2, 0.25) is 0 Å². The highest BCUT2D eigenvalue weighted by atomic mass is 16.5. The lowest BCUT2D eigenvalue weighted by molar-refractivity contribution is 0.0362. The number of benzene rings is 2. The van der Waals surface area contributed by atoms with Gasteiger partial charge in [-0.1, -0.05) is 30.3 Å². The molecule has 1 amide bonds. The summed E-state index contributed by atoms with van der Waals surface area (Å²) in [6.45, 7) is 1.48. The van der Waals surface area contributed by atoms with Gasteiger partial charge in [0.15, 0.2) is 0 Å². The van der Waals surface area contributed by atoms with Gasteiger partial charge in [-0.25, -0.2) is 0 Å². The Morgan fingerprint density at radius 1 is 0.960 bits per heavy atom. The minimum atomic E-state index is 0.0827. The molecule has 0 radical (unpaired) electrons. The molecule has 0 spiro atoms. The summed E-state index contributed by atoms with van der Waals surface area (Å²) in [5.41, 5.74) is 4.19. The maximum absolute atomic E-state index is 12.7. The standard InChI is InChI=1S/C21H26N2O2/c1-22(2)20-7-5-4-6-19(20)16-8-10-17(11-9-16)21(24)23(3)18-12-14-25-15-13-18/h4-11,18H,12-15H2,1-3H3.